The van der Waals surface area contributed by atoms with Crippen LogP contribution in [0.3, 0.4) is 0 Å². The molecule has 0 aliphatic carbocycles. The zero-order chi connectivity index (χ0) is 27.9. The predicted molar refractivity (Wildman–Crippen MR) is 151 cm³/mol. The third kappa shape index (κ3) is 12.8. The molecule has 0 spiro atoms. The van der Waals surface area contributed by atoms with Gasteiger partial charge in [-0.1, -0.05) is 90.4 Å². The van der Waals surface area contributed by atoms with Crippen molar-refractivity contribution in [3.05, 3.63) is 0 Å². The Morgan fingerprint density at radius 1 is 0.895 bits per heavy atom. The number of quaternary nitrogens is 1. The van der Waals surface area contributed by atoms with Crippen LogP contribution < -0.4 is 0 Å². The van der Waals surface area contributed by atoms with Crippen molar-refractivity contribution in [1.29, 1.82) is 0 Å². The Hall–Kier alpha value is -0.500. The summed E-state index contributed by atoms with van der Waals surface area (Å²) in [5.41, 5.74) is 0. The Bertz CT molecular complexity index is 704. The number of carbonyl (C=O) groups excluding carboxylic acids is 1. The summed E-state index contributed by atoms with van der Waals surface area (Å²) in [5, 5.41) is 0. The third-order valence-corrected chi connectivity index (χ3v) is 9.51. The van der Waals surface area contributed by atoms with Gasteiger partial charge in [-0.15, -0.1) is 0 Å². The molecule has 8 nitrogen and oxygen atoms in total. The summed E-state index contributed by atoms with van der Waals surface area (Å²) in [4.78, 5) is 21.8. The van der Waals surface area contributed by atoms with Crippen molar-refractivity contribution in [3.63, 3.8) is 0 Å². The lowest BCUT2D eigenvalue weighted by atomic mass is 9.98. The number of rotatable bonds is 23. The highest BCUT2D eigenvalue weighted by Gasteiger charge is 2.57. The van der Waals surface area contributed by atoms with E-state index in [0.717, 1.165) is 36.6 Å². The number of hydrogen-bond acceptors (Lipinski definition) is 6. The second kappa shape index (κ2) is 18.0. The number of esters is 1. The Balaban J connectivity index is 1.50. The van der Waals surface area contributed by atoms with Gasteiger partial charge in [0.2, 0.25) is 0 Å². The van der Waals surface area contributed by atoms with Crippen LogP contribution in [0.25, 0.3) is 0 Å². The predicted octanol–water partition coefficient (Wildman–Crippen LogP) is 6.93. The van der Waals surface area contributed by atoms with Gasteiger partial charge in [0.05, 0.1) is 33.4 Å². The molecule has 0 aromatic heterocycles. The van der Waals surface area contributed by atoms with Gasteiger partial charge in [-0.05, 0) is 6.42 Å². The molecule has 38 heavy (non-hydrogen) atoms. The zero-order valence-electron chi connectivity index (χ0n) is 24.7. The molecule has 2 rings (SSSR count). The molecule has 2 bridgehead atoms. The van der Waals surface area contributed by atoms with E-state index in [-0.39, 0.29) is 25.4 Å². The maximum atomic E-state index is 12.6. The number of unbranched alkanes of at least 4 members (excludes halogenated alkanes) is 13. The molecule has 1 N–H and O–H groups in total. The van der Waals surface area contributed by atoms with Crippen LogP contribution in [0.4, 0.5) is 0 Å². The lowest BCUT2D eigenvalue weighted by Crippen LogP contribution is -2.46. The molecule has 0 saturated carbocycles. The standard InChI is InChI=1S/C29H56NO7P/c1-5-6-7-8-9-10-11-12-13-14-15-16-17-18-21-34-23-27(36-25(2)31)24-35-38(32,33)37-29-22-26-19-20-28(29)30(26,3)4/h26-29H,5-24H2,1-4H3/p+1. The summed E-state index contributed by atoms with van der Waals surface area (Å²) in [6, 6.07) is 0.670. The van der Waals surface area contributed by atoms with E-state index in [2.05, 4.69) is 21.0 Å². The van der Waals surface area contributed by atoms with E-state index in [1.807, 2.05) is 0 Å². The van der Waals surface area contributed by atoms with Crippen molar-refractivity contribution in [2.75, 3.05) is 33.9 Å². The lowest BCUT2D eigenvalue weighted by Gasteiger charge is -2.31. The van der Waals surface area contributed by atoms with Gasteiger partial charge >= 0.3 is 13.8 Å². The summed E-state index contributed by atoms with van der Waals surface area (Å²) in [6.45, 7) is 4.05. The molecule has 2 heterocycles. The summed E-state index contributed by atoms with van der Waals surface area (Å²) < 4.78 is 35.1. The number of phosphoric acid groups is 1. The molecule has 0 aromatic carbocycles. The maximum Gasteiger partial charge on any atom is 0.472 e. The van der Waals surface area contributed by atoms with Gasteiger partial charge in [0.25, 0.3) is 0 Å². The van der Waals surface area contributed by atoms with E-state index in [1.165, 1.54) is 84.0 Å². The fourth-order valence-electron chi connectivity index (χ4n) is 6.19. The van der Waals surface area contributed by atoms with E-state index < -0.39 is 19.9 Å². The van der Waals surface area contributed by atoms with Gasteiger partial charge < -0.3 is 18.9 Å². The number of ether oxygens (including phenoxy) is 2. The quantitative estimate of drug-likeness (QED) is 0.0625. The average Bonchev–Trinajstić information content (AvgIpc) is 3.27. The Morgan fingerprint density at radius 3 is 1.92 bits per heavy atom. The minimum atomic E-state index is -4.26. The second-order valence-electron chi connectivity index (χ2n) is 12.0. The van der Waals surface area contributed by atoms with E-state index in [9.17, 15) is 14.3 Å². The second-order valence-corrected chi connectivity index (χ2v) is 13.4. The SMILES string of the molecule is CCCCCCCCCCCCCCCCOCC(COP(=O)(O)OC1CC2CCC1[N+]2(C)C)OC(C)=O. The summed E-state index contributed by atoms with van der Waals surface area (Å²) in [6.07, 6.45) is 20.1. The van der Waals surface area contributed by atoms with Gasteiger partial charge in [0.1, 0.15) is 18.2 Å². The number of carbonyl (C=O) groups is 1. The van der Waals surface area contributed by atoms with Crippen LogP contribution in [-0.4, -0.2) is 73.6 Å². The first-order chi connectivity index (χ1) is 18.2. The molecular formula is C29H57NO7P+. The van der Waals surface area contributed by atoms with E-state index in [4.69, 9.17) is 18.5 Å². The smallest absolute Gasteiger partial charge is 0.458 e. The van der Waals surface area contributed by atoms with E-state index in [1.54, 1.807) is 0 Å². The first-order valence-corrected chi connectivity index (χ1v) is 16.9. The summed E-state index contributed by atoms with van der Waals surface area (Å²) in [5.74, 6) is -0.473. The third-order valence-electron chi connectivity index (χ3n) is 8.50. The molecule has 2 saturated heterocycles. The molecule has 5 unspecified atom stereocenters. The highest BCUT2D eigenvalue weighted by Crippen LogP contribution is 2.52. The molecule has 0 amide bonds. The number of phosphoric ester groups is 1. The highest BCUT2D eigenvalue weighted by molar-refractivity contribution is 7.47. The first kappa shape index (κ1) is 33.7. The van der Waals surface area contributed by atoms with Crippen LogP contribution in [0.15, 0.2) is 0 Å². The fraction of sp³-hybridized carbons (Fsp3) is 0.966. The number of nitrogens with zero attached hydrogens (tertiary/aromatic N) is 1. The molecule has 224 valence electrons. The van der Waals surface area contributed by atoms with Crippen molar-refractivity contribution < 1.29 is 37.3 Å². The fourth-order valence-corrected chi connectivity index (χ4v) is 7.17. The number of hydrogen-bond donors (Lipinski definition) is 1. The van der Waals surface area contributed by atoms with Crippen LogP contribution in [0, 0.1) is 0 Å². The lowest BCUT2D eigenvalue weighted by molar-refractivity contribution is -0.913. The van der Waals surface area contributed by atoms with Gasteiger partial charge in [-0.3, -0.25) is 13.8 Å². The van der Waals surface area contributed by atoms with Crippen LogP contribution in [0.1, 0.15) is 123 Å². The van der Waals surface area contributed by atoms with Crippen molar-refractivity contribution in [2.24, 2.45) is 0 Å². The zero-order valence-corrected chi connectivity index (χ0v) is 25.6. The molecule has 5 atom stereocenters. The number of fused-ring (bicyclic) bond motifs is 2. The highest BCUT2D eigenvalue weighted by atomic mass is 31.2. The summed E-state index contributed by atoms with van der Waals surface area (Å²) in [7, 11) is 0.0491. The van der Waals surface area contributed by atoms with Crippen LogP contribution >= 0.6 is 7.82 Å². The largest absolute Gasteiger partial charge is 0.472 e. The van der Waals surface area contributed by atoms with Crippen molar-refractivity contribution in [2.45, 2.75) is 147 Å². The Kier molecular flexibility index (Phi) is 16.0. The van der Waals surface area contributed by atoms with Gasteiger partial charge in [-0.2, -0.15) is 0 Å². The van der Waals surface area contributed by atoms with Crippen LogP contribution in [-0.2, 0) is 27.9 Å². The molecule has 9 heteroatoms. The van der Waals surface area contributed by atoms with Gasteiger partial charge in [0.15, 0.2) is 0 Å². The van der Waals surface area contributed by atoms with Gasteiger partial charge in [-0.25, -0.2) is 4.57 Å². The van der Waals surface area contributed by atoms with Crippen LogP contribution in [0.2, 0.25) is 0 Å². The van der Waals surface area contributed by atoms with Crippen LogP contribution in [0.5, 0.6) is 0 Å². The maximum absolute atomic E-state index is 12.6. The Morgan fingerprint density at radius 2 is 1.45 bits per heavy atom. The minimum absolute atomic E-state index is 0.135. The Labute approximate surface area is 232 Å². The molecule has 2 fully saturated rings. The average molecular weight is 563 g/mol. The normalized spacial score (nSPS) is 24.4. The number of likely N-dealkylation sites (N-methyl/N-ethyl adjacent to an activating group) is 1. The van der Waals surface area contributed by atoms with Crippen molar-refractivity contribution in [3.8, 4) is 0 Å². The molecule has 0 aromatic rings. The van der Waals surface area contributed by atoms with E-state index in [0.29, 0.717) is 12.6 Å². The van der Waals surface area contributed by atoms with Gasteiger partial charge in [0, 0.05) is 32.8 Å². The topological polar surface area (TPSA) is 91.3 Å². The molecule has 0 radical (unpaired) electrons. The van der Waals surface area contributed by atoms with Crippen molar-refractivity contribution >= 4 is 13.8 Å². The molecule has 2 aliphatic rings. The molecular weight excluding hydrogens is 505 g/mol. The first-order valence-electron chi connectivity index (χ1n) is 15.4. The monoisotopic (exact) mass is 562 g/mol. The molecule has 2 aliphatic heterocycles. The van der Waals surface area contributed by atoms with E-state index >= 15 is 0 Å². The van der Waals surface area contributed by atoms with Crippen molar-refractivity contribution in [1.82, 2.24) is 0 Å². The minimum Gasteiger partial charge on any atom is -0.458 e. The summed E-state index contributed by atoms with van der Waals surface area (Å²) >= 11 is 0.